The molecule has 0 fully saturated rings. The van der Waals surface area contributed by atoms with Crippen molar-refractivity contribution in [2.24, 2.45) is 0 Å². The first kappa shape index (κ1) is 21.1. The highest BCUT2D eigenvalue weighted by atomic mass is 19.4. The summed E-state index contributed by atoms with van der Waals surface area (Å²) in [7, 11) is 0. The third kappa shape index (κ3) is 3.92. The lowest BCUT2D eigenvalue weighted by molar-refractivity contribution is -0.367. The summed E-state index contributed by atoms with van der Waals surface area (Å²) in [5, 5.41) is 12.1. The van der Waals surface area contributed by atoms with Crippen LogP contribution in [0.15, 0.2) is 35.5 Å². The molecule has 1 atom stereocenters. The summed E-state index contributed by atoms with van der Waals surface area (Å²) in [6.07, 6.45) is -10.8. The molecule has 11 heteroatoms. The normalized spacial score (nSPS) is 17.9. The van der Waals surface area contributed by atoms with Crippen molar-refractivity contribution in [3.8, 4) is 0 Å². The largest absolute Gasteiger partial charge is 0.459 e. The van der Waals surface area contributed by atoms with E-state index in [1.807, 2.05) is 0 Å². The first-order valence-electron chi connectivity index (χ1n) is 7.58. The smallest absolute Gasteiger partial charge is 0.382 e. The van der Waals surface area contributed by atoms with Crippen LogP contribution in [-0.4, -0.2) is 35.0 Å². The SMILES string of the molecule is O=C1CCCC(Nc2ccc(F)cc2)=C1C(O)C(F)(F)C(F)(F)C(F)(F)F. The number of allylic oxidation sites excluding steroid dienone is 1. The van der Waals surface area contributed by atoms with Crippen molar-refractivity contribution in [2.45, 2.75) is 43.4 Å². The average Bonchev–Trinajstić information content (AvgIpc) is 2.55. The molecule has 0 amide bonds. The van der Waals surface area contributed by atoms with Gasteiger partial charge in [-0.25, -0.2) is 4.39 Å². The van der Waals surface area contributed by atoms with Crippen LogP contribution in [0.4, 0.5) is 40.8 Å². The second-order valence-electron chi connectivity index (χ2n) is 5.90. The molecule has 3 nitrogen and oxygen atoms in total. The van der Waals surface area contributed by atoms with Crippen LogP contribution in [0.3, 0.4) is 0 Å². The lowest BCUT2D eigenvalue weighted by atomic mass is 9.86. The van der Waals surface area contributed by atoms with Gasteiger partial charge in [-0.1, -0.05) is 0 Å². The van der Waals surface area contributed by atoms with Crippen LogP contribution in [0.2, 0.25) is 0 Å². The predicted octanol–water partition coefficient (Wildman–Crippen LogP) is 4.44. The Hall–Kier alpha value is -2.17. The Balaban J connectivity index is 2.47. The van der Waals surface area contributed by atoms with Gasteiger partial charge in [0, 0.05) is 23.4 Å². The standard InChI is InChI=1S/C16H13F8NO2/c17-8-4-6-9(7-5-8)25-10-2-1-3-11(26)12(10)13(27)14(18,19)15(20,21)16(22,23)24/h4-7,13,25,27H,1-3H2. The Bertz CT molecular complexity index is 740. The quantitative estimate of drug-likeness (QED) is 0.715. The molecular weight excluding hydrogens is 390 g/mol. The zero-order valence-corrected chi connectivity index (χ0v) is 13.4. The van der Waals surface area contributed by atoms with Gasteiger partial charge >= 0.3 is 18.0 Å². The maximum absolute atomic E-state index is 13.8. The number of rotatable bonds is 5. The second-order valence-corrected chi connectivity index (χ2v) is 5.90. The summed E-state index contributed by atoms with van der Waals surface area (Å²) in [5.41, 5.74) is -1.61. The van der Waals surface area contributed by atoms with E-state index in [0.29, 0.717) is 0 Å². The van der Waals surface area contributed by atoms with E-state index in [1.54, 1.807) is 0 Å². The number of Topliss-reactive ketones (excluding diaryl/α,β-unsaturated/α-hetero) is 1. The van der Waals surface area contributed by atoms with Crippen LogP contribution in [-0.2, 0) is 4.79 Å². The third-order valence-electron chi connectivity index (χ3n) is 3.99. The highest BCUT2D eigenvalue weighted by molar-refractivity contribution is 5.98. The number of alkyl halides is 7. The van der Waals surface area contributed by atoms with Gasteiger partial charge in [-0.15, -0.1) is 0 Å². The molecule has 0 saturated heterocycles. The van der Waals surface area contributed by atoms with Crippen LogP contribution >= 0.6 is 0 Å². The van der Waals surface area contributed by atoms with E-state index in [4.69, 9.17) is 0 Å². The summed E-state index contributed by atoms with van der Waals surface area (Å²) >= 11 is 0. The van der Waals surface area contributed by atoms with Crippen molar-refractivity contribution in [2.75, 3.05) is 5.32 Å². The molecule has 1 aliphatic carbocycles. The number of nitrogens with one attached hydrogen (secondary N) is 1. The summed E-state index contributed by atoms with van der Waals surface area (Å²) in [4.78, 5) is 11.9. The molecule has 0 aromatic heterocycles. The van der Waals surface area contributed by atoms with Crippen molar-refractivity contribution in [1.29, 1.82) is 0 Å². The molecule has 2 N–H and O–H groups in total. The maximum Gasteiger partial charge on any atom is 0.459 e. The fourth-order valence-electron chi connectivity index (χ4n) is 2.56. The minimum atomic E-state index is -6.64. The molecule has 0 radical (unpaired) electrons. The Morgan fingerprint density at radius 2 is 1.52 bits per heavy atom. The van der Waals surface area contributed by atoms with Crippen LogP contribution < -0.4 is 5.32 Å². The van der Waals surface area contributed by atoms with Gasteiger partial charge in [-0.05, 0) is 37.1 Å². The number of ketones is 1. The molecule has 0 saturated carbocycles. The molecule has 150 valence electrons. The van der Waals surface area contributed by atoms with Gasteiger partial charge in [0.2, 0.25) is 0 Å². The fourth-order valence-corrected chi connectivity index (χ4v) is 2.56. The van der Waals surface area contributed by atoms with Crippen molar-refractivity contribution in [1.82, 2.24) is 0 Å². The van der Waals surface area contributed by atoms with Gasteiger partial charge in [0.15, 0.2) is 11.9 Å². The highest BCUT2D eigenvalue weighted by Gasteiger charge is 2.76. The number of anilines is 1. The number of benzene rings is 1. The molecule has 0 heterocycles. The Kier molecular flexibility index (Phi) is 5.56. The van der Waals surface area contributed by atoms with Crippen molar-refractivity contribution in [3.05, 3.63) is 41.4 Å². The molecule has 1 aliphatic rings. The van der Waals surface area contributed by atoms with Crippen LogP contribution in [0.1, 0.15) is 19.3 Å². The van der Waals surface area contributed by atoms with Crippen molar-refractivity contribution >= 4 is 11.5 Å². The predicted molar refractivity (Wildman–Crippen MR) is 77.9 cm³/mol. The number of aliphatic hydroxyl groups is 1. The van der Waals surface area contributed by atoms with Crippen LogP contribution in [0.25, 0.3) is 0 Å². The number of aliphatic hydroxyl groups excluding tert-OH is 1. The van der Waals surface area contributed by atoms with Crippen molar-refractivity contribution < 1.29 is 45.0 Å². The summed E-state index contributed by atoms with van der Waals surface area (Å²) in [5.74, 6) is -14.4. The number of carbonyl (C=O) groups is 1. The lowest BCUT2D eigenvalue weighted by Gasteiger charge is -2.34. The Morgan fingerprint density at radius 1 is 0.963 bits per heavy atom. The van der Waals surface area contributed by atoms with Gasteiger partial charge < -0.3 is 10.4 Å². The van der Waals surface area contributed by atoms with Crippen LogP contribution in [0, 0.1) is 5.82 Å². The minimum absolute atomic E-state index is 0.0664. The molecule has 0 bridgehead atoms. The average molecular weight is 403 g/mol. The van der Waals surface area contributed by atoms with Crippen molar-refractivity contribution in [3.63, 3.8) is 0 Å². The van der Waals surface area contributed by atoms with Gasteiger partial charge in [0.05, 0.1) is 0 Å². The second kappa shape index (κ2) is 7.10. The number of carbonyl (C=O) groups excluding carboxylic acids is 1. The van der Waals surface area contributed by atoms with Gasteiger partial charge in [-0.2, -0.15) is 30.7 Å². The Morgan fingerprint density at radius 3 is 2.04 bits per heavy atom. The van der Waals surface area contributed by atoms with E-state index in [0.717, 1.165) is 24.3 Å². The Labute approximate surface area is 147 Å². The molecule has 1 aromatic rings. The van der Waals surface area contributed by atoms with E-state index in [2.05, 4.69) is 5.32 Å². The topological polar surface area (TPSA) is 49.3 Å². The number of hydrogen-bond acceptors (Lipinski definition) is 3. The molecule has 1 aromatic carbocycles. The fraction of sp³-hybridized carbons (Fsp3) is 0.438. The van der Waals surface area contributed by atoms with E-state index >= 15 is 0 Å². The minimum Gasteiger partial charge on any atom is -0.382 e. The van der Waals surface area contributed by atoms with E-state index in [-0.39, 0.29) is 18.5 Å². The van der Waals surface area contributed by atoms with Gasteiger partial charge in [0.25, 0.3) is 0 Å². The number of hydrogen-bond donors (Lipinski definition) is 2. The zero-order chi connectivity index (χ0) is 20.6. The third-order valence-corrected chi connectivity index (χ3v) is 3.99. The molecular formula is C16H13F8NO2. The molecule has 27 heavy (non-hydrogen) atoms. The molecule has 2 rings (SSSR count). The van der Waals surface area contributed by atoms with Crippen LogP contribution in [0.5, 0.6) is 0 Å². The molecule has 0 aliphatic heterocycles. The van der Waals surface area contributed by atoms with Gasteiger partial charge in [-0.3, -0.25) is 4.79 Å². The highest BCUT2D eigenvalue weighted by Crippen LogP contribution is 2.50. The van der Waals surface area contributed by atoms with E-state index in [9.17, 15) is 45.0 Å². The monoisotopic (exact) mass is 403 g/mol. The first-order chi connectivity index (χ1) is 12.3. The molecule has 0 spiro atoms. The lowest BCUT2D eigenvalue weighted by Crippen LogP contribution is -2.59. The zero-order valence-electron chi connectivity index (χ0n) is 13.4. The van der Waals surface area contributed by atoms with E-state index < -0.39 is 53.4 Å². The summed E-state index contributed by atoms with van der Waals surface area (Å²) in [6.45, 7) is 0. The molecule has 1 unspecified atom stereocenters. The number of halogens is 8. The summed E-state index contributed by atoms with van der Waals surface area (Å²) in [6, 6.07) is 4.20. The van der Waals surface area contributed by atoms with E-state index in [1.165, 1.54) is 0 Å². The first-order valence-corrected chi connectivity index (χ1v) is 7.58. The maximum atomic E-state index is 13.8. The van der Waals surface area contributed by atoms with Gasteiger partial charge in [0.1, 0.15) is 5.82 Å². The summed E-state index contributed by atoms with van der Waals surface area (Å²) < 4.78 is 104.